The smallest absolute Gasteiger partial charge is 0.224 e. The van der Waals surface area contributed by atoms with E-state index in [4.69, 9.17) is 4.52 Å². The van der Waals surface area contributed by atoms with Crippen molar-refractivity contribution in [1.29, 1.82) is 0 Å². The number of hydrogen-bond acceptors (Lipinski definition) is 4. The van der Waals surface area contributed by atoms with E-state index in [-0.39, 0.29) is 11.9 Å². The first kappa shape index (κ1) is 17.1. The summed E-state index contributed by atoms with van der Waals surface area (Å²) in [5.74, 6) is 0.471. The fourth-order valence-electron chi connectivity index (χ4n) is 2.79. The van der Waals surface area contributed by atoms with Gasteiger partial charge >= 0.3 is 0 Å². The number of fused-ring (bicyclic) bond motifs is 1. The highest BCUT2D eigenvalue weighted by Gasteiger charge is 2.14. The van der Waals surface area contributed by atoms with Crippen molar-refractivity contribution in [2.24, 2.45) is 0 Å². The Morgan fingerprint density at radius 3 is 2.60 bits per heavy atom. The summed E-state index contributed by atoms with van der Waals surface area (Å²) in [4.78, 5) is 16.7. The quantitative estimate of drug-likeness (QED) is 0.762. The first-order chi connectivity index (χ1) is 11.9. The molecule has 0 spiro atoms. The number of aryl methyl sites for hydroxylation is 1. The number of amides is 1. The summed E-state index contributed by atoms with van der Waals surface area (Å²) < 4.78 is 5.17. The molecule has 1 N–H and O–H groups in total. The first-order valence-corrected chi connectivity index (χ1v) is 8.54. The molecule has 1 aromatic carbocycles. The summed E-state index contributed by atoms with van der Waals surface area (Å²) in [5.41, 5.74) is 4.56. The molecule has 0 aliphatic heterocycles. The minimum Gasteiger partial charge on any atom is -0.354 e. The van der Waals surface area contributed by atoms with Crippen molar-refractivity contribution in [2.45, 2.75) is 46.1 Å². The highest BCUT2D eigenvalue weighted by atomic mass is 16.5. The number of hydrogen-bond donors (Lipinski definition) is 1. The normalized spacial score (nSPS) is 12.5. The zero-order valence-electron chi connectivity index (χ0n) is 15.0. The van der Waals surface area contributed by atoms with Crippen LogP contribution in [0.5, 0.6) is 0 Å². The monoisotopic (exact) mass is 337 g/mol. The number of carbonyl (C=O) groups excluding carboxylic acids is 1. The number of aromatic nitrogens is 2. The van der Waals surface area contributed by atoms with Crippen molar-refractivity contribution in [1.82, 2.24) is 15.5 Å². The topological polar surface area (TPSA) is 68.0 Å². The Morgan fingerprint density at radius 2 is 1.92 bits per heavy atom. The van der Waals surface area contributed by atoms with E-state index in [1.165, 1.54) is 5.56 Å². The maximum Gasteiger partial charge on any atom is 0.224 e. The fraction of sp³-hybridized carbons (Fsp3) is 0.350. The van der Waals surface area contributed by atoms with E-state index in [1.807, 2.05) is 32.0 Å². The van der Waals surface area contributed by atoms with Gasteiger partial charge in [0, 0.05) is 5.39 Å². The van der Waals surface area contributed by atoms with E-state index in [1.54, 1.807) is 6.20 Å². The second kappa shape index (κ2) is 7.05. The van der Waals surface area contributed by atoms with Crippen LogP contribution in [0.4, 0.5) is 0 Å². The molecule has 1 amide bonds. The van der Waals surface area contributed by atoms with Crippen LogP contribution in [0.15, 0.2) is 41.1 Å². The largest absolute Gasteiger partial charge is 0.354 e. The minimum atomic E-state index is -0.180. The Kier molecular flexibility index (Phi) is 4.83. The molecular weight excluding hydrogens is 314 g/mol. The van der Waals surface area contributed by atoms with Gasteiger partial charge in [0.15, 0.2) is 5.58 Å². The molecule has 3 aromatic rings. The van der Waals surface area contributed by atoms with Gasteiger partial charge < -0.3 is 9.84 Å². The van der Waals surface area contributed by atoms with Crippen molar-refractivity contribution < 1.29 is 9.32 Å². The highest BCUT2D eigenvalue weighted by Crippen LogP contribution is 2.21. The van der Waals surface area contributed by atoms with Crippen LogP contribution < -0.4 is 5.32 Å². The summed E-state index contributed by atoms with van der Waals surface area (Å²) in [7, 11) is 0. The molecule has 0 saturated carbocycles. The summed E-state index contributed by atoms with van der Waals surface area (Å²) in [6.45, 7) is 8.13. The predicted octanol–water partition coefficient (Wildman–Crippen LogP) is 4.07. The molecule has 3 rings (SSSR count). The van der Waals surface area contributed by atoms with Crippen LogP contribution in [0.1, 0.15) is 55.2 Å². The molecule has 0 aliphatic rings. The van der Waals surface area contributed by atoms with Crippen molar-refractivity contribution in [3.63, 3.8) is 0 Å². The maximum atomic E-state index is 12.3. The van der Waals surface area contributed by atoms with Gasteiger partial charge in [-0.05, 0) is 37.0 Å². The molecule has 5 nitrogen and oxygen atoms in total. The van der Waals surface area contributed by atoms with Crippen LogP contribution in [0.25, 0.3) is 11.0 Å². The van der Waals surface area contributed by atoms with Crippen molar-refractivity contribution in [3.05, 3.63) is 59.0 Å². The van der Waals surface area contributed by atoms with Crippen LogP contribution in [-0.4, -0.2) is 16.0 Å². The van der Waals surface area contributed by atoms with Crippen LogP contribution in [0, 0.1) is 6.92 Å². The lowest BCUT2D eigenvalue weighted by Gasteiger charge is -2.14. The van der Waals surface area contributed by atoms with Gasteiger partial charge in [-0.15, -0.1) is 0 Å². The van der Waals surface area contributed by atoms with Crippen molar-refractivity contribution in [3.8, 4) is 0 Å². The molecule has 0 bridgehead atoms. The van der Waals surface area contributed by atoms with Crippen LogP contribution >= 0.6 is 0 Å². The second-order valence-electron chi connectivity index (χ2n) is 6.74. The summed E-state index contributed by atoms with van der Waals surface area (Å²) >= 11 is 0. The number of benzene rings is 1. The average Bonchev–Trinajstić information content (AvgIpc) is 2.96. The standard InChI is InChI=1S/C20H23N3O2/c1-12(2)16-7-5-15(6-8-16)9-20(24)22-14(4)18-10-17-13(3)23-25-19(17)11-21-18/h5-8,10-12,14H,9H2,1-4H3,(H,22,24)/t14-/m1/s1. The third-order valence-corrected chi connectivity index (χ3v) is 4.39. The summed E-state index contributed by atoms with van der Waals surface area (Å²) in [6, 6.07) is 9.95. The Balaban J connectivity index is 1.65. The van der Waals surface area contributed by atoms with E-state index >= 15 is 0 Å². The number of pyridine rings is 1. The zero-order valence-corrected chi connectivity index (χ0v) is 15.0. The second-order valence-corrected chi connectivity index (χ2v) is 6.74. The van der Waals surface area contributed by atoms with E-state index < -0.39 is 0 Å². The van der Waals surface area contributed by atoms with Crippen LogP contribution in [-0.2, 0) is 11.2 Å². The lowest BCUT2D eigenvalue weighted by molar-refractivity contribution is -0.121. The molecule has 0 aliphatic carbocycles. The van der Waals surface area contributed by atoms with Gasteiger partial charge in [0.1, 0.15) is 0 Å². The molecule has 0 radical (unpaired) electrons. The van der Waals surface area contributed by atoms with Crippen LogP contribution in [0.3, 0.4) is 0 Å². The number of nitrogens with one attached hydrogen (secondary N) is 1. The average molecular weight is 337 g/mol. The summed E-state index contributed by atoms with van der Waals surface area (Å²) in [6.07, 6.45) is 2.01. The molecule has 0 saturated heterocycles. The molecule has 25 heavy (non-hydrogen) atoms. The number of carbonyl (C=O) groups is 1. The number of nitrogens with zero attached hydrogens (tertiary/aromatic N) is 2. The highest BCUT2D eigenvalue weighted by molar-refractivity contribution is 5.80. The molecular formula is C20H23N3O2. The third kappa shape index (κ3) is 3.87. The zero-order chi connectivity index (χ0) is 18.0. The summed E-state index contributed by atoms with van der Waals surface area (Å²) in [5, 5.41) is 7.86. The Bertz CT molecular complexity index is 882. The minimum absolute atomic E-state index is 0.0197. The van der Waals surface area contributed by atoms with Gasteiger partial charge in [0.05, 0.1) is 30.0 Å². The Morgan fingerprint density at radius 1 is 1.20 bits per heavy atom. The predicted molar refractivity (Wildman–Crippen MR) is 97.3 cm³/mol. The van der Waals surface area contributed by atoms with E-state index in [2.05, 4.69) is 41.4 Å². The molecule has 130 valence electrons. The van der Waals surface area contributed by atoms with E-state index in [0.717, 1.165) is 22.3 Å². The van der Waals surface area contributed by atoms with Gasteiger partial charge in [-0.2, -0.15) is 0 Å². The number of rotatable bonds is 5. The Hall–Kier alpha value is -2.69. The van der Waals surface area contributed by atoms with Gasteiger partial charge in [-0.3, -0.25) is 9.78 Å². The molecule has 1 atom stereocenters. The van der Waals surface area contributed by atoms with Crippen LogP contribution in [0.2, 0.25) is 0 Å². The van der Waals surface area contributed by atoms with Crippen molar-refractivity contribution in [2.75, 3.05) is 0 Å². The molecule has 5 heteroatoms. The van der Waals surface area contributed by atoms with E-state index in [0.29, 0.717) is 17.9 Å². The molecule has 0 unspecified atom stereocenters. The SMILES string of the molecule is Cc1noc2cnc([C@@H](C)NC(=O)Cc3ccc(C(C)C)cc3)cc12. The molecule has 0 fully saturated rings. The van der Waals surface area contributed by atoms with E-state index in [9.17, 15) is 4.79 Å². The van der Waals surface area contributed by atoms with Gasteiger partial charge in [0.2, 0.25) is 5.91 Å². The van der Waals surface area contributed by atoms with Gasteiger partial charge in [0.25, 0.3) is 0 Å². The maximum absolute atomic E-state index is 12.3. The first-order valence-electron chi connectivity index (χ1n) is 8.54. The van der Waals surface area contributed by atoms with Gasteiger partial charge in [-0.25, -0.2) is 0 Å². The Labute approximate surface area is 147 Å². The third-order valence-electron chi connectivity index (χ3n) is 4.39. The van der Waals surface area contributed by atoms with Crippen molar-refractivity contribution >= 4 is 16.9 Å². The fourth-order valence-corrected chi connectivity index (χ4v) is 2.79. The lowest BCUT2D eigenvalue weighted by atomic mass is 10.0. The molecule has 2 heterocycles. The lowest BCUT2D eigenvalue weighted by Crippen LogP contribution is -2.28. The van der Waals surface area contributed by atoms with Gasteiger partial charge in [-0.1, -0.05) is 43.3 Å². The molecule has 2 aromatic heterocycles.